The summed E-state index contributed by atoms with van der Waals surface area (Å²) in [6.07, 6.45) is 2.68. The van der Waals surface area contributed by atoms with Crippen molar-refractivity contribution >= 4 is 27.5 Å². The Kier molecular flexibility index (Phi) is 3.59. The van der Waals surface area contributed by atoms with Gasteiger partial charge in [0, 0.05) is 22.5 Å². The van der Waals surface area contributed by atoms with Gasteiger partial charge in [0.2, 0.25) is 0 Å². The van der Waals surface area contributed by atoms with Gasteiger partial charge < -0.3 is 10.8 Å². The summed E-state index contributed by atoms with van der Waals surface area (Å²) >= 11 is 9.50. The molecule has 1 atom stereocenters. The van der Waals surface area contributed by atoms with Crippen molar-refractivity contribution in [2.24, 2.45) is 11.7 Å². The highest BCUT2D eigenvalue weighted by Crippen LogP contribution is 2.41. The van der Waals surface area contributed by atoms with Crippen molar-refractivity contribution in [1.82, 2.24) is 0 Å². The summed E-state index contributed by atoms with van der Waals surface area (Å²) < 4.78 is 0.948. The zero-order valence-electron chi connectivity index (χ0n) is 8.92. The van der Waals surface area contributed by atoms with Gasteiger partial charge in [0.1, 0.15) is 0 Å². The van der Waals surface area contributed by atoms with Crippen molar-refractivity contribution in [3.63, 3.8) is 0 Å². The van der Waals surface area contributed by atoms with Crippen molar-refractivity contribution in [1.29, 1.82) is 0 Å². The van der Waals surface area contributed by atoms with Crippen molar-refractivity contribution < 1.29 is 5.11 Å². The van der Waals surface area contributed by atoms with Crippen molar-refractivity contribution in [2.45, 2.75) is 24.9 Å². The van der Waals surface area contributed by atoms with Crippen LogP contribution in [0.1, 0.15) is 18.4 Å². The van der Waals surface area contributed by atoms with Crippen molar-refractivity contribution in [3.05, 3.63) is 33.3 Å². The van der Waals surface area contributed by atoms with E-state index in [1.807, 2.05) is 18.2 Å². The van der Waals surface area contributed by atoms with Gasteiger partial charge in [-0.1, -0.05) is 33.6 Å². The summed E-state index contributed by atoms with van der Waals surface area (Å²) in [5.41, 5.74) is 5.86. The quantitative estimate of drug-likeness (QED) is 0.898. The molecular weight excluding hydrogens is 289 g/mol. The first-order valence-corrected chi connectivity index (χ1v) is 6.58. The summed E-state index contributed by atoms with van der Waals surface area (Å²) in [5.74, 6) is 0.345. The maximum Gasteiger partial charge on any atom is 0.0837 e. The van der Waals surface area contributed by atoms with Crippen LogP contribution in [-0.2, 0) is 6.42 Å². The largest absolute Gasteiger partial charge is 0.388 e. The van der Waals surface area contributed by atoms with E-state index >= 15 is 0 Å². The first-order valence-electron chi connectivity index (χ1n) is 5.41. The van der Waals surface area contributed by atoms with Crippen LogP contribution in [0.15, 0.2) is 22.7 Å². The van der Waals surface area contributed by atoms with Gasteiger partial charge in [-0.25, -0.2) is 0 Å². The molecule has 4 heteroatoms. The predicted octanol–water partition coefficient (Wildman–Crippen LogP) is 2.74. The molecule has 1 aliphatic carbocycles. The molecule has 0 aliphatic heterocycles. The van der Waals surface area contributed by atoms with Gasteiger partial charge in [0.25, 0.3) is 0 Å². The molecule has 2 rings (SSSR count). The Bertz CT molecular complexity index is 395. The highest BCUT2D eigenvalue weighted by atomic mass is 79.9. The molecule has 1 aromatic carbocycles. The fourth-order valence-corrected chi connectivity index (χ4v) is 2.74. The molecule has 1 saturated carbocycles. The molecule has 0 aromatic heterocycles. The Morgan fingerprint density at radius 3 is 2.69 bits per heavy atom. The van der Waals surface area contributed by atoms with Crippen LogP contribution in [0.2, 0.25) is 5.02 Å². The molecule has 0 saturated heterocycles. The van der Waals surface area contributed by atoms with Crippen LogP contribution in [0.5, 0.6) is 0 Å². The Labute approximate surface area is 109 Å². The normalized spacial score (nSPS) is 19.5. The zero-order chi connectivity index (χ0) is 11.8. The molecule has 0 spiro atoms. The molecule has 0 heterocycles. The average molecular weight is 305 g/mol. The molecule has 16 heavy (non-hydrogen) atoms. The number of aliphatic hydroxyl groups is 1. The summed E-state index contributed by atoms with van der Waals surface area (Å²) in [6, 6.07) is 5.72. The molecule has 1 aliphatic rings. The zero-order valence-corrected chi connectivity index (χ0v) is 11.3. The van der Waals surface area contributed by atoms with E-state index in [4.69, 9.17) is 17.3 Å². The van der Waals surface area contributed by atoms with Crippen LogP contribution in [0.4, 0.5) is 0 Å². The topological polar surface area (TPSA) is 46.2 Å². The molecule has 1 fully saturated rings. The number of nitrogens with two attached hydrogens (primary N) is 1. The first kappa shape index (κ1) is 12.4. The smallest absolute Gasteiger partial charge is 0.0837 e. The maximum absolute atomic E-state index is 10.4. The third-order valence-electron chi connectivity index (χ3n) is 3.20. The fraction of sp³-hybridized carbons (Fsp3) is 0.500. The minimum Gasteiger partial charge on any atom is -0.388 e. The van der Waals surface area contributed by atoms with Gasteiger partial charge >= 0.3 is 0 Å². The van der Waals surface area contributed by atoms with Crippen molar-refractivity contribution in [3.8, 4) is 0 Å². The van der Waals surface area contributed by atoms with E-state index in [0.29, 0.717) is 23.9 Å². The predicted molar refractivity (Wildman–Crippen MR) is 69.6 cm³/mol. The van der Waals surface area contributed by atoms with Crippen LogP contribution in [-0.4, -0.2) is 17.3 Å². The third-order valence-corrected chi connectivity index (χ3v) is 4.05. The van der Waals surface area contributed by atoms with Gasteiger partial charge in [-0.05, 0) is 36.5 Å². The Balaban J connectivity index is 2.18. The van der Waals surface area contributed by atoms with Gasteiger partial charge in [-0.2, -0.15) is 0 Å². The standard InChI is InChI=1S/C12H15BrClNO/c13-10-4-1-8(11(14)5-10)6-12(16,7-15)9-2-3-9/h1,4-5,9,16H,2-3,6-7,15H2. The molecule has 88 valence electrons. The van der Waals surface area contributed by atoms with Crippen LogP contribution < -0.4 is 5.73 Å². The van der Waals surface area contributed by atoms with E-state index in [9.17, 15) is 5.11 Å². The lowest BCUT2D eigenvalue weighted by Crippen LogP contribution is -2.42. The number of benzene rings is 1. The molecule has 3 N–H and O–H groups in total. The number of halogens is 2. The van der Waals surface area contributed by atoms with E-state index in [1.165, 1.54) is 0 Å². The van der Waals surface area contributed by atoms with Crippen LogP contribution in [0, 0.1) is 5.92 Å². The van der Waals surface area contributed by atoms with Crippen LogP contribution >= 0.6 is 27.5 Å². The fourth-order valence-electron chi connectivity index (χ4n) is 2.00. The van der Waals surface area contributed by atoms with E-state index in [1.54, 1.807) is 0 Å². The van der Waals surface area contributed by atoms with E-state index < -0.39 is 5.60 Å². The van der Waals surface area contributed by atoms with E-state index in [0.717, 1.165) is 22.9 Å². The second-order valence-corrected chi connectivity index (χ2v) is 5.82. The number of hydrogen-bond acceptors (Lipinski definition) is 2. The highest BCUT2D eigenvalue weighted by molar-refractivity contribution is 9.10. The van der Waals surface area contributed by atoms with Crippen LogP contribution in [0.25, 0.3) is 0 Å². The lowest BCUT2D eigenvalue weighted by atomic mass is 9.90. The second-order valence-electron chi connectivity index (χ2n) is 4.49. The molecule has 1 unspecified atom stereocenters. The highest BCUT2D eigenvalue weighted by Gasteiger charge is 2.42. The molecular formula is C12H15BrClNO. The second kappa shape index (κ2) is 4.65. The van der Waals surface area contributed by atoms with E-state index in [2.05, 4.69) is 15.9 Å². The molecule has 0 bridgehead atoms. The van der Waals surface area contributed by atoms with Gasteiger partial charge in [-0.15, -0.1) is 0 Å². The van der Waals surface area contributed by atoms with E-state index in [-0.39, 0.29) is 0 Å². The Morgan fingerprint density at radius 1 is 1.50 bits per heavy atom. The van der Waals surface area contributed by atoms with Crippen molar-refractivity contribution in [2.75, 3.05) is 6.54 Å². The minimum absolute atomic E-state index is 0.296. The van der Waals surface area contributed by atoms with Crippen LogP contribution in [0.3, 0.4) is 0 Å². The Hall–Kier alpha value is -0.0900. The minimum atomic E-state index is -0.780. The number of rotatable bonds is 4. The average Bonchev–Trinajstić information content (AvgIpc) is 3.06. The summed E-state index contributed by atoms with van der Waals surface area (Å²) in [5, 5.41) is 11.1. The van der Waals surface area contributed by atoms with Gasteiger partial charge in [0.15, 0.2) is 0 Å². The molecule has 0 radical (unpaired) electrons. The molecule has 1 aromatic rings. The van der Waals surface area contributed by atoms with Gasteiger partial charge in [-0.3, -0.25) is 0 Å². The SMILES string of the molecule is NCC(O)(Cc1ccc(Br)cc1Cl)C1CC1. The lowest BCUT2D eigenvalue weighted by Gasteiger charge is -2.27. The summed E-state index contributed by atoms with van der Waals surface area (Å²) in [6.45, 7) is 0.296. The maximum atomic E-state index is 10.4. The monoisotopic (exact) mass is 303 g/mol. The van der Waals surface area contributed by atoms with Gasteiger partial charge in [0.05, 0.1) is 5.60 Å². The summed E-state index contributed by atoms with van der Waals surface area (Å²) in [4.78, 5) is 0. The summed E-state index contributed by atoms with van der Waals surface area (Å²) in [7, 11) is 0. The molecule has 2 nitrogen and oxygen atoms in total. The molecule has 0 amide bonds. The Morgan fingerprint density at radius 2 is 2.19 bits per heavy atom. The third kappa shape index (κ3) is 2.59. The number of hydrogen-bond donors (Lipinski definition) is 2. The lowest BCUT2D eigenvalue weighted by molar-refractivity contribution is 0.0267. The first-order chi connectivity index (χ1) is 7.55.